The van der Waals surface area contributed by atoms with E-state index >= 15 is 0 Å². The summed E-state index contributed by atoms with van der Waals surface area (Å²) in [7, 11) is 1.23. The molecule has 12 nitrogen and oxygen atoms in total. The van der Waals surface area contributed by atoms with Crippen LogP contribution in [0.1, 0.15) is 22.1 Å². The van der Waals surface area contributed by atoms with Gasteiger partial charge in [-0.05, 0) is 29.8 Å². The van der Waals surface area contributed by atoms with Gasteiger partial charge in [0.25, 0.3) is 0 Å². The van der Waals surface area contributed by atoms with E-state index in [-0.39, 0.29) is 22.9 Å². The van der Waals surface area contributed by atoms with Crippen LogP contribution in [-0.2, 0) is 16.0 Å². The quantitative estimate of drug-likeness (QED) is 0.309. The smallest absolute Gasteiger partial charge is 0.357 e. The molecule has 0 radical (unpaired) electrons. The summed E-state index contributed by atoms with van der Waals surface area (Å²) in [4.78, 5) is 49.0. The van der Waals surface area contributed by atoms with Gasteiger partial charge in [0.1, 0.15) is 24.9 Å². The van der Waals surface area contributed by atoms with Crippen molar-refractivity contribution in [3.63, 3.8) is 0 Å². The average Bonchev–Trinajstić information content (AvgIpc) is 3.50. The van der Waals surface area contributed by atoms with E-state index in [9.17, 15) is 19.5 Å². The summed E-state index contributed by atoms with van der Waals surface area (Å²) < 4.78 is 16.8. The van der Waals surface area contributed by atoms with Crippen molar-refractivity contribution in [3.8, 4) is 28.6 Å². The Morgan fingerprint density at radius 1 is 1.27 bits per heavy atom. The maximum atomic E-state index is 13.4. The number of H-pyrrole nitrogens is 1. The van der Waals surface area contributed by atoms with E-state index in [1.807, 2.05) is 0 Å². The highest BCUT2D eigenvalue weighted by molar-refractivity contribution is 7.14. The Labute approximate surface area is 213 Å². The highest BCUT2D eigenvalue weighted by Gasteiger charge is 2.29. The maximum absolute atomic E-state index is 13.4. The number of imidazole rings is 1. The number of nitrogens with zero attached hydrogens (tertiary/aromatic N) is 3. The Bertz CT molecular complexity index is 1510. The first-order valence-corrected chi connectivity index (χ1v) is 12.0. The van der Waals surface area contributed by atoms with Crippen LogP contribution >= 0.6 is 11.3 Å². The fourth-order valence-corrected chi connectivity index (χ4v) is 4.57. The van der Waals surface area contributed by atoms with E-state index in [2.05, 4.69) is 25.0 Å². The molecular weight excluding hydrogens is 502 g/mol. The number of hydrogen-bond donors (Lipinski definition) is 3. The van der Waals surface area contributed by atoms with E-state index in [0.717, 1.165) is 15.9 Å². The molecule has 4 aromatic rings. The Balaban J connectivity index is 1.50. The van der Waals surface area contributed by atoms with E-state index < -0.39 is 29.5 Å². The molecule has 0 bridgehead atoms. The third kappa shape index (κ3) is 4.89. The van der Waals surface area contributed by atoms with Crippen molar-refractivity contribution in [1.82, 2.24) is 19.5 Å². The number of methoxy groups -OCH3 is 1. The molecule has 5 rings (SSSR count). The fourth-order valence-electron chi connectivity index (χ4n) is 3.89. The number of pyridine rings is 1. The van der Waals surface area contributed by atoms with Gasteiger partial charge in [-0.3, -0.25) is 9.78 Å². The number of carbonyl (C=O) groups excluding carboxylic acids is 2. The van der Waals surface area contributed by atoms with Crippen LogP contribution in [0.15, 0.2) is 52.9 Å². The number of nitrogens with one attached hydrogen (secondary N) is 2. The second-order valence-electron chi connectivity index (χ2n) is 7.96. The second-order valence-corrected chi connectivity index (χ2v) is 8.82. The van der Waals surface area contributed by atoms with E-state index in [0.29, 0.717) is 35.8 Å². The summed E-state index contributed by atoms with van der Waals surface area (Å²) in [6, 6.07) is 7.27. The Morgan fingerprint density at radius 2 is 2.08 bits per heavy atom. The van der Waals surface area contributed by atoms with E-state index in [4.69, 9.17) is 9.47 Å². The zero-order chi connectivity index (χ0) is 25.9. The number of amides is 1. The molecule has 0 aliphatic carbocycles. The van der Waals surface area contributed by atoms with E-state index in [1.165, 1.54) is 12.5 Å². The van der Waals surface area contributed by atoms with Gasteiger partial charge in [-0.25, -0.2) is 19.1 Å². The van der Waals surface area contributed by atoms with Gasteiger partial charge in [0.2, 0.25) is 11.8 Å². The van der Waals surface area contributed by atoms with Crippen LogP contribution in [0.25, 0.3) is 11.3 Å². The van der Waals surface area contributed by atoms with Crippen LogP contribution in [0.4, 0.5) is 5.13 Å². The lowest BCUT2D eigenvalue weighted by Crippen LogP contribution is -2.33. The normalized spacial score (nSPS) is 13.1. The minimum absolute atomic E-state index is 0.0363. The highest BCUT2D eigenvalue weighted by atomic mass is 32.1. The highest BCUT2D eigenvalue weighted by Crippen LogP contribution is 2.37. The first-order chi connectivity index (χ1) is 17.9. The molecule has 0 fully saturated rings. The van der Waals surface area contributed by atoms with Crippen LogP contribution in [0.3, 0.4) is 0 Å². The number of hydrogen-bond acceptors (Lipinski definition) is 10. The summed E-state index contributed by atoms with van der Waals surface area (Å²) in [5.41, 5.74) is 0.592. The van der Waals surface area contributed by atoms with Crippen molar-refractivity contribution in [1.29, 1.82) is 0 Å². The van der Waals surface area contributed by atoms with Gasteiger partial charge in [-0.1, -0.05) is 6.07 Å². The topological polar surface area (TPSA) is 158 Å². The second kappa shape index (κ2) is 10.1. The number of ether oxygens (including phenoxy) is 3. The molecule has 1 aliphatic rings. The molecule has 4 heterocycles. The van der Waals surface area contributed by atoms with Crippen LogP contribution in [0, 0.1) is 0 Å². The van der Waals surface area contributed by atoms with Gasteiger partial charge in [-0.15, -0.1) is 11.3 Å². The molecule has 190 valence electrons. The summed E-state index contributed by atoms with van der Waals surface area (Å²) in [6.07, 6.45) is 3.19. The monoisotopic (exact) mass is 523 g/mol. The molecular formula is C24H21N5O7S. The summed E-state index contributed by atoms with van der Waals surface area (Å²) in [5.74, 6) is -0.668. The standard InChI is InChI=1S/C24H21N5O7S/c1-34-22(32)15-12-37-23(26-15)28-20(30)16(9-13-3-2-6-25-11-13)29-21(31)19(27-24(29)33)14-4-5-17-18(10-14)36-8-7-35-17/h2-6,10-12,16,31H,7-9H2,1H3,(H,27,33)(H,26,28,30)/t16-/m0/s1. The number of carbonyl (C=O) groups is 2. The SMILES string of the molecule is COC(=O)c1csc(NC(=O)[C@H](Cc2cccnc2)n2c(O)c(-c3ccc4c(c3)OCCO4)[nH]c2=O)n1. The lowest BCUT2D eigenvalue weighted by atomic mass is 10.1. The van der Waals surface area contributed by atoms with Crippen molar-refractivity contribution in [2.24, 2.45) is 0 Å². The van der Waals surface area contributed by atoms with Crippen molar-refractivity contribution in [2.45, 2.75) is 12.5 Å². The average molecular weight is 524 g/mol. The van der Waals surface area contributed by atoms with Crippen LogP contribution < -0.4 is 20.5 Å². The number of fused-ring (bicyclic) bond motifs is 1. The molecule has 0 saturated carbocycles. The first-order valence-electron chi connectivity index (χ1n) is 11.1. The zero-order valence-corrected chi connectivity index (χ0v) is 20.3. The summed E-state index contributed by atoms with van der Waals surface area (Å²) >= 11 is 1.02. The molecule has 37 heavy (non-hydrogen) atoms. The number of aromatic amines is 1. The van der Waals surface area contributed by atoms with Gasteiger partial charge in [-0.2, -0.15) is 0 Å². The van der Waals surface area contributed by atoms with Crippen LogP contribution in [0.5, 0.6) is 17.4 Å². The molecule has 0 saturated heterocycles. The van der Waals surface area contributed by atoms with Crippen molar-refractivity contribution in [2.75, 3.05) is 25.6 Å². The maximum Gasteiger partial charge on any atom is 0.357 e. The van der Waals surface area contributed by atoms with Gasteiger partial charge in [0.05, 0.1) is 7.11 Å². The third-order valence-electron chi connectivity index (χ3n) is 5.63. The Hall–Kier alpha value is -4.65. The molecule has 3 aromatic heterocycles. The molecule has 13 heteroatoms. The molecule has 1 aromatic carbocycles. The molecule has 0 spiro atoms. The third-order valence-corrected chi connectivity index (χ3v) is 6.39. The molecule has 3 N–H and O–H groups in total. The number of aromatic hydroxyl groups is 1. The molecule has 1 amide bonds. The van der Waals surface area contributed by atoms with Gasteiger partial charge >= 0.3 is 11.7 Å². The van der Waals surface area contributed by atoms with Crippen LogP contribution in [-0.4, -0.2) is 56.8 Å². The number of rotatable bonds is 7. The van der Waals surface area contributed by atoms with Crippen LogP contribution in [0.2, 0.25) is 0 Å². The Morgan fingerprint density at radius 3 is 2.84 bits per heavy atom. The number of esters is 1. The zero-order valence-electron chi connectivity index (χ0n) is 19.5. The lowest BCUT2D eigenvalue weighted by Gasteiger charge is -2.19. The Kier molecular flexibility index (Phi) is 6.60. The lowest BCUT2D eigenvalue weighted by molar-refractivity contribution is -0.119. The van der Waals surface area contributed by atoms with Crippen molar-refractivity contribution >= 4 is 28.3 Å². The van der Waals surface area contributed by atoms with E-state index in [1.54, 1.807) is 42.7 Å². The summed E-state index contributed by atoms with van der Waals surface area (Å²) in [5, 5.41) is 15.3. The first kappa shape index (κ1) is 24.1. The number of aromatic nitrogens is 4. The largest absolute Gasteiger partial charge is 0.493 e. The number of anilines is 1. The molecule has 1 aliphatic heterocycles. The number of thiazole rings is 1. The molecule has 0 unspecified atom stereocenters. The minimum atomic E-state index is -1.18. The minimum Gasteiger partial charge on any atom is -0.493 e. The fraction of sp³-hybridized carbons (Fsp3) is 0.208. The molecule has 1 atom stereocenters. The summed E-state index contributed by atoms with van der Waals surface area (Å²) in [6.45, 7) is 0.804. The van der Waals surface area contributed by atoms with Crippen molar-refractivity contribution in [3.05, 3.63) is 69.8 Å². The number of benzene rings is 1. The van der Waals surface area contributed by atoms with Gasteiger partial charge in [0.15, 0.2) is 22.3 Å². The van der Waals surface area contributed by atoms with Crippen molar-refractivity contribution < 1.29 is 28.9 Å². The predicted octanol–water partition coefficient (Wildman–Crippen LogP) is 2.38. The van der Waals surface area contributed by atoms with Gasteiger partial charge in [0, 0.05) is 29.8 Å². The van der Waals surface area contributed by atoms with Gasteiger partial charge < -0.3 is 29.6 Å². The predicted molar refractivity (Wildman–Crippen MR) is 132 cm³/mol.